The van der Waals surface area contributed by atoms with Gasteiger partial charge in [-0.25, -0.2) is 13.2 Å². The highest BCUT2D eigenvalue weighted by Gasteiger charge is 2.28. The highest BCUT2D eigenvalue weighted by Crippen LogP contribution is 2.38. The van der Waals surface area contributed by atoms with E-state index in [1.165, 1.54) is 37.4 Å². The molecular weight excluding hydrogens is 331 g/mol. The molecule has 0 saturated carbocycles. The van der Waals surface area contributed by atoms with Gasteiger partial charge in [0.25, 0.3) is 0 Å². The molecule has 6 heteroatoms. The van der Waals surface area contributed by atoms with Gasteiger partial charge in [0.15, 0.2) is 0 Å². The number of rotatable bonds is 4. The Kier molecular flexibility index (Phi) is 4.53. The Bertz CT molecular complexity index is 932. The van der Waals surface area contributed by atoms with Crippen LogP contribution in [0.15, 0.2) is 36.4 Å². The lowest BCUT2D eigenvalue weighted by Gasteiger charge is -2.14. The number of aromatic nitrogens is 1. The van der Waals surface area contributed by atoms with Crippen LogP contribution in [0.5, 0.6) is 0 Å². The van der Waals surface area contributed by atoms with Crippen molar-refractivity contribution in [2.75, 3.05) is 7.11 Å². The van der Waals surface area contributed by atoms with E-state index in [1.54, 1.807) is 6.92 Å². The van der Waals surface area contributed by atoms with Crippen LogP contribution >= 0.6 is 0 Å². The van der Waals surface area contributed by atoms with E-state index in [2.05, 4.69) is 4.98 Å². The molecule has 0 aliphatic heterocycles. The van der Waals surface area contributed by atoms with Crippen molar-refractivity contribution in [3.8, 4) is 11.3 Å². The summed E-state index contributed by atoms with van der Waals surface area (Å²) in [5, 5.41) is 0.272. The van der Waals surface area contributed by atoms with Gasteiger partial charge in [-0.15, -0.1) is 0 Å². The van der Waals surface area contributed by atoms with Crippen LogP contribution in [-0.2, 0) is 9.53 Å². The van der Waals surface area contributed by atoms with Crippen LogP contribution in [0.1, 0.15) is 24.8 Å². The number of fused-ring (bicyclic) bond motifs is 1. The van der Waals surface area contributed by atoms with Crippen LogP contribution in [0, 0.1) is 17.5 Å². The molecule has 1 heterocycles. The molecule has 1 N–H and O–H groups in total. The summed E-state index contributed by atoms with van der Waals surface area (Å²) >= 11 is 0. The van der Waals surface area contributed by atoms with E-state index in [0.717, 1.165) is 6.07 Å². The van der Waals surface area contributed by atoms with E-state index >= 15 is 0 Å². The fraction of sp³-hybridized carbons (Fsp3) is 0.211. The summed E-state index contributed by atoms with van der Waals surface area (Å²) in [6.45, 7) is 1.78. The van der Waals surface area contributed by atoms with Gasteiger partial charge in [0.1, 0.15) is 17.5 Å². The van der Waals surface area contributed by atoms with Gasteiger partial charge in [0, 0.05) is 11.5 Å². The quantitative estimate of drug-likeness (QED) is 0.681. The molecule has 3 aromatic rings. The van der Waals surface area contributed by atoms with E-state index in [0.29, 0.717) is 23.2 Å². The predicted molar refractivity (Wildman–Crippen MR) is 88.7 cm³/mol. The molecule has 0 aliphatic carbocycles. The Hall–Kier alpha value is -2.76. The summed E-state index contributed by atoms with van der Waals surface area (Å²) in [5.74, 6) is -3.13. The second kappa shape index (κ2) is 6.63. The minimum absolute atomic E-state index is 0.0954. The fourth-order valence-corrected chi connectivity index (χ4v) is 3.08. The van der Waals surface area contributed by atoms with Crippen LogP contribution < -0.4 is 0 Å². The molecule has 3 rings (SSSR count). The Morgan fingerprint density at radius 3 is 2.40 bits per heavy atom. The Morgan fingerprint density at radius 1 is 1.12 bits per heavy atom. The summed E-state index contributed by atoms with van der Waals surface area (Å²) in [6.07, 6.45) is 0.381. The molecule has 3 nitrogen and oxygen atoms in total. The molecule has 0 bridgehead atoms. The van der Waals surface area contributed by atoms with Crippen LogP contribution in [0.3, 0.4) is 0 Å². The topological polar surface area (TPSA) is 42.1 Å². The van der Waals surface area contributed by atoms with Gasteiger partial charge in [0.05, 0.1) is 24.2 Å². The lowest BCUT2D eigenvalue weighted by Crippen LogP contribution is -2.14. The molecule has 0 saturated heterocycles. The highest BCUT2D eigenvalue weighted by atomic mass is 19.1. The summed E-state index contributed by atoms with van der Waals surface area (Å²) in [4.78, 5) is 15.1. The summed E-state index contributed by atoms with van der Waals surface area (Å²) in [6, 6.07) is 7.52. The van der Waals surface area contributed by atoms with Gasteiger partial charge >= 0.3 is 5.97 Å². The largest absolute Gasteiger partial charge is 0.469 e. The summed E-state index contributed by atoms with van der Waals surface area (Å²) < 4.78 is 46.1. The number of hydrogen-bond donors (Lipinski definition) is 1. The fourth-order valence-electron chi connectivity index (χ4n) is 3.08. The SMILES string of the molecule is CCC(C(=O)OC)c1c(-c2ccc(F)cc2)[nH]c2c(F)cc(F)cc12. The van der Waals surface area contributed by atoms with E-state index in [1.807, 2.05) is 0 Å². The first-order valence-electron chi connectivity index (χ1n) is 7.80. The monoisotopic (exact) mass is 347 g/mol. The van der Waals surface area contributed by atoms with Gasteiger partial charge in [-0.05, 0) is 47.9 Å². The van der Waals surface area contributed by atoms with Crippen LogP contribution in [0.4, 0.5) is 13.2 Å². The van der Waals surface area contributed by atoms with E-state index in [-0.39, 0.29) is 10.9 Å². The molecule has 1 unspecified atom stereocenters. The maximum atomic E-state index is 14.2. The second-order valence-electron chi connectivity index (χ2n) is 5.71. The molecule has 2 aromatic carbocycles. The second-order valence-corrected chi connectivity index (χ2v) is 5.71. The number of aromatic amines is 1. The minimum atomic E-state index is -0.760. The standard InChI is InChI=1S/C19H16F3NO2/c1-3-13(19(24)25-2)16-14-8-12(21)9-15(22)18(14)23-17(16)10-4-6-11(20)7-5-10/h4-9,13,23H,3H2,1-2H3. The number of methoxy groups -OCH3 is 1. The summed E-state index contributed by atoms with van der Waals surface area (Å²) in [7, 11) is 1.26. The van der Waals surface area contributed by atoms with E-state index in [4.69, 9.17) is 4.74 Å². The van der Waals surface area contributed by atoms with Crippen molar-refractivity contribution in [1.82, 2.24) is 4.98 Å². The first-order chi connectivity index (χ1) is 12.0. The van der Waals surface area contributed by atoms with Crippen molar-refractivity contribution < 1.29 is 22.7 Å². The van der Waals surface area contributed by atoms with Crippen molar-refractivity contribution >= 4 is 16.9 Å². The number of esters is 1. The number of halogens is 3. The molecule has 0 aliphatic rings. The van der Waals surface area contributed by atoms with Gasteiger partial charge in [0.2, 0.25) is 0 Å². The Morgan fingerprint density at radius 2 is 1.80 bits per heavy atom. The van der Waals surface area contributed by atoms with Gasteiger partial charge in [-0.2, -0.15) is 0 Å². The molecule has 130 valence electrons. The smallest absolute Gasteiger partial charge is 0.313 e. The number of carbonyl (C=O) groups excluding carboxylic acids is 1. The molecule has 0 spiro atoms. The number of ether oxygens (including phenoxy) is 1. The number of H-pyrrole nitrogens is 1. The first kappa shape index (κ1) is 17.1. The minimum Gasteiger partial charge on any atom is -0.469 e. The zero-order chi connectivity index (χ0) is 18.1. The molecule has 1 atom stereocenters. The molecule has 0 amide bonds. The number of nitrogens with one attached hydrogen (secondary N) is 1. The summed E-state index contributed by atoms with van der Waals surface area (Å²) in [5.41, 5.74) is 1.54. The normalized spacial score (nSPS) is 12.4. The molecular formula is C19H16F3NO2. The maximum Gasteiger partial charge on any atom is 0.313 e. The first-order valence-corrected chi connectivity index (χ1v) is 7.80. The Balaban J connectivity index is 2.35. The van der Waals surface area contributed by atoms with Crippen LogP contribution in [-0.4, -0.2) is 18.1 Å². The van der Waals surface area contributed by atoms with Gasteiger partial charge in [-0.3, -0.25) is 4.79 Å². The number of benzene rings is 2. The predicted octanol–water partition coefficient (Wildman–Crippen LogP) is 4.92. The maximum absolute atomic E-state index is 14.2. The van der Waals surface area contributed by atoms with Crippen LogP contribution in [0.2, 0.25) is 0 Å². The molecule has 0 fully saturated rings. The average molecular weight is 347 g/mol. The Labute approximate surface area is 142 Å². The lowest BCUT2D eigenvalue weighted by molar-refractivity contribution is -0.142. The van der Waals surface area contributed by atoms with Crippen molar-refractivity contribution in [2.24, 2.45) is 0 Å². The van der Waals surface area contributed by atoms with Crippen LogP contribution in [0.25, 0.3) is 22.2 Å². The van der Waals surface area contributed by atoms with Crippen molar-refractivity contribution in [3.63, 3.8) is 0 Å². The molecule has 0 radical (unpaired) electrons. The number of carbonyl (C=O) groups is 1. The van der Waals surface area contributed by atoms with Gasteiger partial charge < -0.3 is 9.72 Å². The third kappa shape index (κ3) is 2.99. The zero-order valence-electron chi connectivity index (χ0n) is 13.7. The third-order valence-corrected chi connectivity index (χ3v) is 4.24. The molecule has 25 heavy (non-hydrogen) atoms. The molecule has 1 aromatic heterocycles. The number of hydrogen-bond acceptors (Lipinski definition) is 2. The van der Waals surface area contributed by atoms with Crippen molar-refractivity contribution in [3.05, 3.63) is 59.4 Å². The van der Waals surface area contributed by atoms with Crippen molar-refractivity contribution in [1.29, 1.82) is 0 Å². The van der Waals surface area contributed by atoms with Crippen molar-refractivity contribution in [2.45, 2.75) is 19.3 Å². The average Bonchev–Trinajstić information content (AvgIpc) is 2.96. The zero-order valence-corrected chi connectivity index (χ0v) is 13.7. The third-order valence-electron chi connectivity index (χ3n) is 4.24. The van der Waals surface area contributed by atoms with Gasteiger partial charge in [-0.1, -0.05) is 6.92 Å². The highest BCUT2D eigenvalue weighted by molar-refractivity contribution is 5.96. The van der Waals surface area contributed by atoms with E-state index < -0.39 is 29.3 Å². The lowest BCUT2D eigenvalue weighted by atomic mass is 9.91. The van der Waals surface area contributed by atoms with E-state index in [9.17, 15) is 18.0 Å².